The Morgan fingerprint density at radius 1 is 1.00 bits per heavy atom. The second-order valence-electron chi connectivity index (χ2n) is 6.33. The molecule has 0 heterocycles. The zero-order valence-corrected chi connectivity index (χ0v) is 13.0. The lowest BCUT2D eigenvalue weighted by Crippen LogP contribution is -2.36. The molecule has 2 aliphatic rings. The van der Waals surface area contributed by atoms with Gasteiger partial charge in [-0.1, -0.05) is 48.5 Å². The molecule has 1 saturated carbocycles. The van der Waals surface area contributed by atoms with Crippen molar-refractivity contribution in [2.24, 2.45) is 5.73 Å². The maximum Gasteiger partial charge on any atom is 0.516 e. The Morgan fingerprint density at radius 3 is 2.08 bits per heavy atom. The Kier molecular flexibility index (Phi) is 3.39. The van der Waals surface area contributed by atoms with Crippen LogP contribution in [0.25, 0.3) is 11.1 Å². The van der Waals surface area contributed by atoms with Crippen molar-refractivity contribution in [3.8, 4) is 11.1 Å². The lowest BCUT2D eigenvalue weighted by Gasteiger charge is -2.14. The summed E-state index contributed by atoms with van der Waals surface area (Å²) in [5.74, 6) is -0.771. The van der Waals surface area contributed by atoms with Crippen LogP contribution in [0.15, 0.2) is 48.5 Å². The van der Waals surface area contributed by atoms with Crippen LogP contribution in [0.3, 0.4) is 0 Å². The Morgan fingerprint density at radius 2 is 1.54 bits per heavy atom. The molecule has 122 valence electrons. The van der Waals surface area contributed by atoms with Gasteiger partial charge < -0.3 is 15.2 Å². The maximum absolute atomic E-state index is 11.8. The number of fused-ring (bicyclic) bond motifs is 3. The molecule has 2 aliphatic carbocycles. The molecule has 0 atom stereocenters. The van der Waals surface area contributed by atoms with Crippen LogP contribution < -0.4 is 5.73 Å². The summed E-state index contributed by atoms with van der Waals surface area (Å²) < 4.78 is 9.88. The number of carbonyl (C=O) groups excluding carboxylic acids is 2. The second-order valence-corrected chi connectivity index (χ2v) is 6.33. The summed E-state index contributed by atoms with van der Waals surface area (Å²) in [5, 5.41) is 0. The molecule has 0 aliphatic heterocycles. The molecule has 0 amide bonds. The summed E-state index contributed by atoms with van der Waals surface area (Å²) >= 11 is 0. The molecule has 2 aromatic carbocycles. The number of hydrogen-bond acceptors (Lipinski definition) is 5. The minimum Gasteiger partial charge on any atom is -0.433 e. The van der Waals surface area contributed by atoms with Gasteiger partial charge >= 0.3 is 12.1 Å². The predicted molar refractivity (Wildman–Crippen MR) is 87.3 cm³/mol. The lowest BCUT2D eigenvalue weighted by atomic mass is 9.98. The van der Waals surface area contributed by atoms with Crippen molar-refractivity contribution < 1.29 is 19.1 Å². The second kappa shape index (κ2) is 5.46. The van der Waals surface area contributed by atoms with Crippen LogP contribution >= 0.6 is 0 Å². The van der Waals surface area contributed by atoms with Gasteiger partial charge in [-0.3, -0.25) is 0 Å². The fourth-order valence-electron chi connectivity index (χ4n) is 3.14. The smallest absolute Gasteiger partial charge is 0.433 e. The van der Waals surface area contributed by atoms with E-state index in [0.717, 1.165) is 22.3 Å². The van der Waals surface area contributed by atoms with Gasteiger partial charge in [-0.25, -0.2) is 9.59 Å². The van der Waals surface area contributed by atoms with E-state index < -0.39 is 17.7 Å². The maximum atomic E-state index is 11.8. The van der Waals surface area contributed by atoms with Gasteiger partial charge in [0.15, 0.2) is 0 Å². The average molecular weight is 323 g/mol. The first kappa shape index (κ1) is 14.9. The number of ether oxygens (including phenoxy) is 2. The highest BCUT2D eigenvalue weighted by molar-refractivity contribution is 5.91. The largest absolute Gasteiger partial charge is 0.516 e. The number of nitrogens with two attached hydrogens (primary N) is 1. The summed E-state index contributed by atoms with van der Waals surface area (Å²) in [5.41, 5.74) is 9.21. The van der Waals surface area contributed by atoms with E-state index in [-0.39, 0.29) is 12.5 Å². The van der Waals surface area contributed by atoms with Crippen LogP contribution in [0.2, 0.25) is 0 Å². The summed E-state index contributed by atoms with van der Waals surface area (Å²) in [6.07, 6.45) is 0.101. The van der Waals surface area contributed by atoms with E-state index in [1.54, 1.807) is 0 Å². The minimum absolute atomic E-state index is 0.0622. The van der Waals surface area contributed by atoms with Gasteiger partial charge in [0, 0.05) is 5.92 Å². The molecule has 2 N–H and O–H groups in total. The number of benzene rings is 2. The molecule has 0 bridgehead atoms. The first-order valence-electron chi connectivity index (χ1n) is 7.95. The first-order valence-corrected chi connectivity index (χ1v) is 7.95. The van der Waals surface area contributed by atoms with E-state index in [2.05, 4.69) is 16.9 Å². The van der Waals surface area contributed by atoms with Crippen molar-refractivity contribution in [3.63, 3.8) is 0 Å². The van der Waals surface area contributed by atoms with E-state index in [1.165, 1.54) is 0 Å². The molecular weight excluding hydrogens is 306 g/mol. The number of esters is 1. The molecule has 2 aromatic rings. The highest BCUT2D eigenvalue weighted by Crippen LogP contribution is 2.44. The highest BCUT2D eigenvalue weighted by atomic mass is 16.7. The molecule has 0 spiro atoms. The molecule has 5 nitrogen and oxygen atoms in total. The zero-order valence-electron chi connectivity index (χ0n) is 13.0. The first-order chi connectivity index (χ1) is 11.6. The van der Waals surface area contributed by atoms with Crippen LogP contribution in [0.1, 0.15) is 29.9 Å². The van der Waals surface area contributed by atoms with Crippen LogP contribution in [0, 0.1) is 0 Å². The Balaban J connectivity index is 1.48. The number of hydrogen-bond donors (Lipinski definition) is 1. The van der Waals surface area contributed by atoms with Crippen molar-refractivity contribution in [1.82, 2.24) is 0 Å². The normalized spacial score (nSPS) is 16.9. The fraction of sp³-hybridized carbons (Fsp3) is 0.263. The van der Waals surface area contributed by atoms with Crippen molar-refractivity contribution in [1.29, 1.82) is 0 Å². The van der Waals surface area contributed by atoms with Gasteiger partial charge in [0.2, 0.25) is 0 Å². The molecule has 0 unspecified atom stereocenters. The van der Waals surface area contributed by atoms with Crippen LogP contribution in [0.4, 0.5) is 4.79 Å². The van der Waals surface area contributed by atoms with Crippen molar-refractivity contribution in [2.45, 2.75) is 24.3 Å². The summed E-state index contributed by atoms with van der Waals surface area (Å²) in [7, 11) is 0. The van der Waals surface area contributed by atoms with Crippen LogP contribution in [0.5, 0.6) is 0 Å². The zero-order chi connectivity index (χ0) is 16.7. The van der Waals surface area contributed by atoms with Crippen LogP contribution in [-0.2, 0) is 14.3 Å². The van der Waals surface area contributed by atoms with Gasteiger partial charge in [-0.2, -0.15) is 0 Å². The Bertz CT molecular complexity index is 780. The van der Waals surface area contributed by atoms with Gasteiger partial charge in [0.05, 0.1) is 0 Å². The van der Waals surface area contributed by atoms with Gasteiger partial charge in [-0.05, 0) is 35.1 Å². The third-order valence-corrected chi connectivity index (χ3v) is 4.70. The van der Waals surface area contributed by atoms with Gasteiger partial charge in [-0.15, -0.1) is 0 Å². The van der Waals surface area contributed by atoms with E-state index in [9.17, 15) is 9.59 Å². The minimum atomic E-state index is -0.994. The van der Waals surface area contributed by atoms with E-state index in [0.29, 0.717) is 12.8 Å². The molecule has 24 heavy (non-hydrogen) atoms. The average Bonchev–Trinajstić information content (AvgIpc) is 3.27. The van der Waals surface area contributed by atoms with Crippen molar-refractivity contribution in [2.75, 3.05) is 6.61 Å². The molecular formula is C19H17NO4. The standard InChI is InChI=1S/C19H17NO4/c20-19(9-10-19)17(21)24-18(22)23-11-16-14-7-3-1-5-12(14)13-6-2-4-8-15(13)16/h1-8,16H,9-11,20H2. The molecule has 4 rings (SSSR count). The SMILES string of the molecule is NC1(C(=O)OC(=O)OCC2c3ccccc3-c3ccccc32)CC1. The quantitative estimate of drug-likeness (QED) is 0.694. The third kappa shape index (κ3) is 2.47. The fourth-order valence-corrected chi connectivity index (χ4v) is 3.14. The summed E-state index contributed by atoms with van der Waals surface area (Å²) in [4.78, 5) is 23.5. The van der Waals surface area contributed by atoms with E-state index >= 15 is 0 Å². The predicted octanol–water partition coefficient (Wildman–Crippen LogP) is 2.97. The summed E-state index contributed by atoms with van der Waals surface area (Å²) in [6, 6.07) is 16.1. The van der Waals surface area contributed by atoms with Gasteiger partial charge in [0.1, 0.15) is 12.1 Å². The molecule has 0 radical (unpaired) electrons. The third-order valence-electron chi connectivity index (χ3n) is 4.70. The van der Waals surface area contributed by atoms with Crippen LogP contribution in [-0.4, -0.2) is 24.3 Å². The monoisotopic (exact) mass is 323 g/mol. The Hall–Kier alpha value is -2.66. The van der Waals surface area contributed by atoms with Crippen molar-refractivity contribution in [3.05, 3.63) is 59.7 Å². The molecule has 1 fully saturated rings. The van der Waals surface area contributed by atoms with Crippen molar-refractivity contribution >= 4 is 12.1 Å². The van der Waals surface area contributed by atoms with E-state index in [4.69, 9.17) is 10.5 Å². The highest BCUT2D eigenvalue weighted by Gasteiger charge is 2.48. The lowest BCUT2D eigenvalue weighted by molar-refractivity contribution is -0.142. The molecule has 0 aromatic heterocycles. The number of carbonyl (C=O) groups is 2. The van der Waals surface area contributed by atoms with Gasteiger partial charge in [0.25, 0.3) is 0 Å². The topological polar surface area (TPSA) is 78.6 Å². The number of rotatable bonds is 3. The van der Waals surface area contributed by atoms with E-state index in [1.807, 2.05) is 36.4 Å². The Labute approximate surface area is 139 Å². The molecule has 0 saturated heterocycles. The summed E-state index contributed by atoms with van der Waals surface area (Å²) in [6.45, 7) is 0.123. The molecule has 5 heteroatoms.